The summed E-state index contributed by atoms with van der Waals surface area (Å²) in [6, 6.07) is 8.75. The van der Waals surface area contributed by atoms with Crippen LogP contribution in [0, 0.1) is 5.82 Å². The van der Waals surface area contributed by atoms with Gasteiger partial charge < -0.3 is 19.5 Å². The van der Waals surface area contributed by atoms with Gasteiger partial charge in [-0.05, 0) is 35.9 Å². The second kappa shape index (κ2) is 8.51. The summed E-state index contributed by atoms with van der Waals surface area (Å²) in [6.45, 7) is 1.61. The van der Waals surface area contributed by atoms with E-state index in [1.165, 1.54) is 19.1 Å². The monoisotopic (exact) mass is 387 g/mol. The van der Waals surface area contributed by atoms with E-state index in [9.17, 15) is 18.8 Å². The largest absolute Gasteiger partial charge is 0.486 e. The fraction of sp³-hybridized carbons (Fsp3) is 0.250. The molecule has 1 aliphatic rings. The summed E-state index contributed by atoms with van der Waals surface area (Å²) >= 11 is 0. The first-order chi connectivity index (χ1) is 13.4. The van der Waals surface area contributed by atoms with Gasteiger partial charge in [0, 0.05) is 12.6 Å². The van der Waals surface area contributed by atoms with Crippen molar-refractivity contribution in [1.29, 1.82) is 0 Å². The van der Waals surface area contributed by atoms with Gasteiger partial charge in [-0.1, -0.05) is 6.07 Å². The number of ketones is 1. The standard InChI is InChI=1S/C20H18FNO6/c1-12(23)22-14-3-4-15(16(21)10-14)17(24)11-28-20(25)9-13-2-5-18-19(8-13)27-7-6-26-18/h2-5,8,10H,6-7,9,11H2,1H3,(H,22,23). The van der Waals surface area contributed by atoms with Crippen molar-refractivity contribution in [1.82, 2.24) is 0 Å². The lowest BCUT2D eigenvalue weighted by Gasteiger charge is -2.18. The van der Waals surface area contributed by atoms with E-state index >= 15 is 0 Å². The Morgan fingerprint density at radius 1 is 1.07 bits per heavy atom. The third-order valence-electron chi connectivity index (χ3n) is 3.91. The van der Waals surface area contributed by atoms with Gasteiger partial charge in [-0.15, -0.1) is 0 Å². The van der Waals surface area contributed by atoms with Crippen LogP contribution in [0.15, 0.2) is 36.4 Å². The summed E-state index contributed by atoms with van der Waals surface area (Å²) < 4.78 is 29.9. The van der Waals surface area contributed by atoms with Crippen LogP contribution in [0.2, 0.25) is 0 Å². The topological polar surface area (TPSA) is 90.9 Å². The number of Topliss-reactive ketones (excluding diaryl/α,β-unsaturated/α-hetero) is 1. The molecule has 0 unspecified atom stereocenters. The van der Waals surface area contributed by atoms with Crippen LogP contribution in [0.5, 0.6) is 11.5 Å². The molecular formula is C20H18FNO6. The van der Waals surface area contributed by atoms with Crippen LogP contribution in [-0.2, 0) is 20.7 Å². The third-order valence-corrected chi connectivity index (χ3v) is 3.91. The Labute approximate surface area is 160 Å². The molecule has 0 spiro atoms. The van der Waals surface area contributed by atoms with Gasteiger partial charge in [-0.25, -0.2) is 4.39 Å². The minimum absolute atomic E-state index is 0.0616. The number of halogens is 1. The van der Waals surface area contributed by atoms with E-state index in [1.54, 1.807) is 18.2 Å². The summed E-state index contributed by atoms with van der Waals surface area (Å²) in [5.74, 6) is -1.31. The van der Waals surface area contributed by atoms with E-state index in [0.29, 0.717) is 30.3 Å². The Morgan fingerprint density at radius 2 is 1.82 bits per heavy atom. The molecule has 1 amide bonds. The van der Waals surface area contributed by atoms with Crippen molar-refractivity contribution in [2.45, 2.75) is 13.3 Å². The summed E-state index contributed by atoms with van der Waals surface area (Å²) in [5, 5.41) is 2.42. The van der Waals surface area contributed by atoms with Crippen molar-refractivity contribution in [2.75, 3.05) is 25.1 Å². The molecule has 0 aromatic heterocycles. The number of nitrogens with one attached hydrogen (secondary N) is 1. The van der Waals surface area contributed by atoms with Gasteiger partial charge in [0.1, 0.15) is 19.0 Å². The number of amides is 1. The maximum Gasteiger partial charge on any atom is 0.310 e. The number of carbonyl (C=O) groups is 3. The maximum absolute atomic E-state index is 14.0. The van der Waals surface area contributed by atoms with E-state index in [4.69, 9.17) is 14.2 Å². The highest BCUT2D eigenvalue weighted by atomic mass is 19.1. The second-order valence-electron chi connectivity index (χ2n) is 6.11. The SMILES string of the molecule is CC(=O)Nc1ccc(C(=O)COC(=O)Cc2ccc3c(c2)OCCO3)c(F)c1. The Bertz CT molecular complexity index is 927. The number of rotatable bonds is 6. The first-order valence-corrected chi connectivity index (χ1v) is 8.57. The summed E-state index contributed by atoms with van der Waals surface area (Å²) in [5.41, 5.74) is 0.658. The number of carbonyl (C=O) groups excluding carboxylic acids is 3. The molecule has 0 saturated heterocycles. The zero-order valence-corrected chi connectivity index (χ0v) is 15.1. The van der Waals surface area contributed by atoms with E-state index in [2.05, 4.69) is 5.32 Å². The average molecular weight is 387 g/mol. The molecule has 2 aromatic rings. The molecule has 3 rings (SSSR count). The van der Waals surface area contributed by atoms with Crippen molar-refractivity contribution in [3.05, 3.63) is 53.3 Å². The van der Waals surface area contributed by atoms with E-state index in [1.807, 2.05) is 0 Å². The first kappa shape index (κ1) is 19.3. The lowest BCUT2D eigenvalue weighted by Crippen LogP contribution is -2.18. The van der Waals surface area contributed by atoms with Gasteiger partial charge in [0.05, 0.1) is 12.0 Å². The molecule has 1 N–H and O–H groups in total. The number of anilines is 1. The van der Waals surface area contributed by atoms with Crippen molar-refractivity contribution >= 4 is 23.3 Å². The molecule has 8 heteroatoms. The van der Waals surface area contributed by atoms with Gasteiger partial charge in [0.2, 0.25) is 11.7 Å². The smallest absolute Gasteiger partial charge is 0.310 e. The molecule has 1 heterocycles. The Morgan fingerprint density at radius 3 is 2.54 bits per heavy atom. The van der Waals surface area contributed by atoms with Gasteiger partial charge in [0.25, 0.3) is 0 Å². The highest BCUT2D eigenvalue weighted by Gasteiger charge is 2.17. The minimum atomic E-state index is -0.806. The molecule has 0 bridgehead atoms. The normalized spacial score (nSPS) is 12.2. The van der Waals surface area contributed by atoms with Crippen molar-refractivity contribution in [3.8, 4) is 11.5 Å². The lowest BCUT2D eigenvalue weighted by atomic mass is 10.1. The van der Waals surface area contributed by atoms with Gasteiger partial charge >= 0.3 is 5.97 Å². The summed E-state index contributed by atoms with van der Waals surface area (Å²) in [7, 11) is 0. The third kappa shape index (κ3) is 4.85. The molecule has 146 valence electrons. The number of benzene rings is 2. The number of ether oxygens (including phenoxy) is 3. The molecule has 7 nitrogen and oxygen atoms in total. The van der Waals surface area contributed by atoms with Crippen molar-refractivity contribution in [3.63, 3.8) is 0 Å². The van der Waals surface area contributed by atoms with Crippen LogP contribution in [0.25, 0.3) is 0 Å². The molecule has 2 aromatic carbocycles. The number of hydrogen-bond acceptors (Lipinski definition) is 6. The molecule has 0 radical (unpaired) electrons. The van der Waals surface area contributed by atoms with E-state index in [0.717, 1.165) is 6.07 Å². The zero-order valence-electron chi connectivity index (χ0n) is 15.1. The molecule has 0 fully saturated rings. The van der Waals surface area contributed by atoms with Crippen LogP contribution in [0.4, 0.5) is 10.1 Å². The molecular weight excluding hydrogens is 369 g/mol. The summed E-state index contributed by atoms with van der Waals surface area (Å²) in [6.07, 6.45) is -0.0616. The predicted octanol–water partition coefficient (Wildman–Crippen LogP) is 2.52. The maximum atomic E-state index is 14.0. The second-order valence-corrected chi connectivity index (χ2v) is 6.11. The Kier molecular flexibility index (Phi) is 5.88. The molecule has 1 aliphatic heterocycles. The van der Waals surface area contributed by atoms with E-state index in [-0.39, 0.29) is 23.6 Å². The van der Waals surface area contributed by atoms with Crippen molar-refractivity contribution in [2.24, 2.45) is 0 Å². The van der Waals surface area contributed by atoms with Crippen molar-refractivity contribution < 1.29 is 33.0 Å². The number of esters is 1. The summed E-state index contributed by atoms with van der Waals surface area (Å²) in [4.78, 5) is 35.1. The van der Waals surface area contributed by atoms with Crippen LogP contribution in [0.1, 0.15) is 22.8 Å². The Hall–Kier alpha value is -3.42. The number of fused-ring (bicyclic) bond motifs is 1. The molecule has 28 heavy (non-hydrogen) atoms. The zero-order chi connectivity index (χ0) is 20.1. The van der Waals surface area contributed by atoms with Gasteiger partial charge in [-0.2, -0.15) is 0 Å². The van der Waals surface area contributed by atoms with Crippen LogP contribution >= 0.6 is 0 Å². The fourth-order valence-corrected chi connectivity index (χ4v) is 2.66. The lowest BCUT2D eigenvalue weighted by molar-refractivity contribution is -0.141. The highest BCUT2D eigenvalue weighted by molar-refractivity contribution is 5.99. The first-order valence-electron chi connectivity index (χ1n) is 8.57. The quantitative estimate of drug-likeness (QED) is 0.605. The van der Waals surface area contributed by atoms with Crippen LogP contribution < -0.4 is 14.8 Å². The van der Waals surface area contributed by atoms with Crippen LogP contribution in [0.3, 0.4) is 0 Å². The molecule has 0 aliphatic carbocycles. The number of hydrogen-bond donors (Lipinski definition) is 1. The highest BCUT2D eigenvalue weighted by Crippen LogP contribution is 2.30. The molecule has 0 saturated carbocycles. The predicted molar refractivity (Wildman–Crippen MR) is 97.1 cm³/mol. The average Bonchev–Trinajstić information content (AvgIpc) is 2.65. The van der Waals surface area contributed by atoms with E-state index < -0.39 is 24.2 Å². The van der Waals surface area contributed by atoms with Gasteiger partial charge in [-0.3, -0.25) is 14.4 Å². The van der Waals surface area contributed by atoms with Gasteiger partial charge in [0.15, 0.2) is 18.1 Å². The molecule has 0 atom stereocenters. The van der Waals surface area contributed by atoms with Crippen LogP contribution in [-0.4, -0.2) is 37.5 Å². The Balaban J connectivity index is 1.55. The minimum Gasteiger partial charge on any atom is -0.486 e. The fourth-order valence-electron chi connectivity index (χ4n) is 2.66.